The Hall–Kier alpha value is -2.04. The van der Waals surface area contributed by atoms with Gasteiger partial charge in [-0.15, -0.1) is 0 Å². The molecule has 4 rings (SSSR count). The molecule has 0 N–H and O–H groups in total. The summed E-state index contributed by atoms with van der Waals surface area (Å²) in [5.74, 6) is 0. The van der Waals surface area contributed by atoms with Gasteiger partial charge in [0.2, 0.25) is 0 Å². The number of nitrogens with zero attached hydrogens (tertiary/aromatic N) is 1. The average Bonchev–Trinajstić information content (AvgIpc) is 3.06. The Kier molecular flexibility index (Phi) is 3.38. The van der Waals surface area contributed by atoms with E-state index in [0.29, 0.717) is 0 Å². The van der Waals surface area contributed by atoms with E-state index in [-0.39, 0.29) is 18.3 Å². The third-order valence-corrected chi connectivity index (χ3v) is 5.25. The molecule has 3 aromatic rings. The summed E-state index contributed by atoms with van der Waals surface area (Å²) >= 11 is 0. The first kappa shape index (κ1) is 15.5. The van der Waals surface area contributed by atoms with Crippen LogP contribution in [-0.4, -0.2) is 22.9 Å². The zero-order valence-corrected chi connectivity index (χ0v) is 14.6. The highest BCUT2D eigenvalue weighted by atomic mass is 16.7. The molecule has 122 valence electrons. The van der Waals surface area contributed by atoms with E-state index in [1.165, 1.54) is 10.8 Å². The standard InChI is InChI=1S/C20H22BNO2/c1-19(2)20(3,4)24-21(23-19)17-11-10-15-13-22(14-16(15)12-17)18-8-6-5-7-9-18/h5-14H,1-4H3. The first-order chi connectivity index (χ1) is 11.4. The molecule has 1 aliphatic rings. The lowest BCUT2D eigenvalue weighted by Gasteiger charge is -2.32. The van der Waals surface area contributed by atoms with Gasteiger partial charge in [-0.1, -0.05) is 36.4 Å². The summed E-state index contributed by atoms with van der Waals surface area (Å²) in [7, 11) is -0.320. The number of rotatable bonds is 2. The lowest BCUT2D eigenvalue weighted by molar-refractivity contribution is 0.00578. The average molecular weight is 319 g/mol. The van der Waals surface area contributed by atoms with E-state index in [2.05, 4.69) is 87.1 Å². The molecule has 0 aliphatic carbocycles. The first-order valence-electron chi connectivity index (χ1n) is 8.38. The van der Waals surface area contributed by atoms with E-state index in [1.807, 2.05) is 6.07 Å². The third-order valence-electron chi connectivity index (χ3n) is 5.25. The fraction of sp³-hybridized carbons (Fsp3) is 0.300. The maximum atomic E-state index is 6.16. The van der Waals surface area contributed by atoms with Gasteiger partial charge in [0.05, 0.1) is 11.2 Å². The Labute approximate surface area is 143 Å². The van der Waals surface area contributed by atoms with Crippen LogP contribution in [0.15, 0.2) is 60.9 Å². The predicted molar refractivity (Wildman–Crippen MR) is 99.0 cm³/mol. The Balaban J connectivity index is 1.70. The van der Waals surface area contributed by atoms with Crippen molar-refractivity contribution in [2.24, 2.45) is 0 Å². The summed E-state index contributed by atoms with van der Waals surface area (Å²) < 4.78 is 14.5. The van der Waals surface area contributed by atoms with Crippen LogP contribution in [0.5, 0.6) is 0 Å². The lowest BCUT2D eigenvalue weighted by atomic mass is 9.78. The maximum absolute atomic E-state index is 6.16. The van der Waals surface area contributed by atoms with Crippen molar-refractivity contribution >= 4 is 23.4 Å². The number of hydrogen-bond acceptors (Lipinski definition) is 2. The molecular formula is C20H22BNO2. The monoisotopic (exact) mass is 319 g/mol. The van der Waals surface area contributed by atoms with Gasteiger partial charge in [0, 0.05) is 18.1 Å². The summed E-state index contributed by atoms with van der Waals surface area (Å²) in [6, 6.07) is 16.7. The highest BCUT2D eigenvalue weighted by molar-refractivity contribution is 6.62. The van der Waals surface area contributed by atoms with Crippen molar-refractivity contribution in [3.63, 3.8) is 0 Å². The lowest BCUT2D eigenvalue weighted by Crippen LogP contribution is -2.41. The number of hydrogen-bond donors (Lipinski definition) is 0. The summed E-state index contributed by atoms with van der Waals surface area (Å²) in [4.78, 5) is 0. The van der Waals surface area contributed by atoms with Gasteiger partial charge in [0.15, 0.2) is 0 Å². The Morgan fingerprint density at radius 2 is 1.42 bits per heavy atom. The van der Waals surface area contributed by atoms with Crippen molar-refractivity contribution in [3.05, 3.63) is 60.9 Å². The van der Waals surface area contributed by atoms with Crippen LogP contribution >= 0.6 is 0 Å². The second kappa shape index (κ2) is 5.23. The quantitative estimate of drug-likeness (QED) is 0.668. The van der Waals surface area contributed by atoms with Crippen LogP contribution in [0, 0.1) is 0 Å². The molecule has 1 fully saturated rings. The zero-order valence-electron chi connectivity index (χ0n) is 14.6. The topological polar surface area (TPSA) is 23.4 Å². The summed E-state index contributed by atoms with van der Waals surface area (Å²) in [6.45, 7) is 8.32. The van der Waals surface area contributed by atoms with Crippen LogP contribution in [0.1, 0.15) is 27.7 Å². The number of para-hydroxylation sites is 1. The molecule has 1 saturated heterocycles. The molecular weight excluding hydrogens is 297 g/mol. The van der Waals surface area contributed by atoms with Gasteiger partial charge in [-0.3, -0.25) is 0 Å². The number of aromatic nitrogens is 1. The van der Waals surface area contributed by atoms with Crippen molar-refractivity contribution in [2.75, 3.05) is 0 Å². The third kappa shape index (κ3) is 2.47. The largest absolute Gasteiger partial charge is 0.494 e. The van der Waals surface area contributed by atoms with Gasteiger partial charge < -0.3 is 13.9 Å². The Morgan fingerprint density at radius 3 is 2.08 bits per heavy atom. The molecule has 0 saturated carbocycles. The second-order valence-electron chi connectivity index (χ2n) is 7.48. The van der Waals surface area contributed by atoms with Gasteiger partial charge in [0.1, 0.15) is 0 Å². The molecule has 4 heteroatoms. The number of fused-ring (bicyclic) bond motifs is 1. The van der Waals surface area contributed by atoms with E-state index in [9.17, 15) is 0 Å². The summed E-state index contributed by atoms with van der Waals surface area (Å²) in [6.07, 6.45) is 4.30. The smallest absolute Gasteiger partial charge is 0.399 e. The van der Waals surface area contributed by atoms with Gasteiger partial charge in [-0.25, -0.2) is 0 Å². The molecule has 2 aromatic carbocycles. The SMILES string of the molecule is CC1(C)OB(c2ccc3cn(-c4ccccc4)cc3c2)OC1(C)C. The van der Waals surface area contributed by atoms with Crippen LogP contribution in [-0.2, 0) is 9.31 Å². The minimum Gasteiger partial charge on any atom is -0.399 e. The van der Waals surface area contributed by atoms with Crippen LogP contribution in [0.3, 0.4) is 0 Å². The molecule has 0 spiro atoms. The van der Waals surface area contributed by atoms with Gasteiger partial charge in [-0.05, 0) is 56.1 Å². The van der Waals surface area contributed by atoms with Crippen molar-refractivity contribution in [1.29, 1.82) is 0 Å². The molecule has 0 bridgehead atoms. The fourth-order valence-corrected chi connectivity index (χ4v) is 3.03. The first-order valence-corrected chi connectivity index (χ1v) is 8.38. The fourth-order valence-electron chi connectivity index (χ4n) is 3.03. The van der Waals surface area contributed by atoms with Crippen molar-refractivity contribution in [2.45, 2.75) is 38.9 Å². The zero-order chi connectivity index (χ0) is 16.9. The summed E-state index contributed by atoms with van der Waals surface area (Å²) in [5.41, 5.74) is 1.59. The molecule has 1 aromatic heterocycles. The summed E-state index contributed by atoms with van der Waals surface area (Å²) in [5, 5.41) is 2.39. The van der Waals surface area contributed by atoms with E-state index >= 15 is 0 Å². The Morgan fingerprint density at radius 1 is 0.792 bits per heavy atom. The van der Waals surface area contributed by atoms with E-state index in [0.717, 1.165) is 11.2 Å². The van der Waals surface area contributed by atoms with Crippen LogP contribution in [0.4, 0.5) is 0 Å². The number of benzene rings is 2. The van der Waals surface area contributed by atoms with Gasteiger partial charge in [-0.2, -0.15) is 0 Å². The van der Waals surface area contributed by atoms with Crippen LogP contribution in [0.2, 0.25) is 0 Å². The van der Waals surface area contributed by atoms with Crippen molar-refractivity contribution in [1.82, 2.24) is 4.57 Å². The van der Waals surface area contributed by atoms with E-state index in [1.54, 1.807) is 0 Å². The molecule has 0 radical (unpaired) electrons. The molecule has 0 atom stereocenters. The van der Waals surface area contributed by atoms with Crippen molar-refractivity contribution in [3.8, 4) is 5.69 Å². The second-order valence-corrected chi connectivity index (χ2v) is 7.48. The molecule has 24 heavy (non-hydrogen) atoms. The molecule has 3 nitrogen and oxygen atoms in total. The van der Waals surface area contributed by atoms with Crippen LogP contribution < -0.4 is 5.46 Å². The molecule has 1 aliphatic heterocycles. The van der Waals surface area contributed by atoms with E-state index in [4.69, 9.17) is 9.31 Å². The van der Waals surface area contributed by atoms with Gasteiger partial charge >= 0.3 is 7.12 Å². The molecule has 2 heterocycles. The normalized spacial score (nSPS) is 19.1. The molecule has 0 amide bonds. The minimum absolute atomic E-state index is 0.317. The van der Waals surface area contributed by atoms with Crippen molar-refractivity contribution < 1.29 is 9.31 Å². The van der Waals surface area contributed by atoms with Crippen LogP contribution in [0.25, 0.3) is 16.5 Å². The van der Waals surface area contributed by atoms with Gasteiger partial charge in [0.25, 0.3) is 0 Å². The highest BCUT2D eigenvalue weighted by Gasteiger charge is 2.51. The molecule has 0 unspecified atom stereocenters. The maximum Gasteiger partial charge on any atom is 0.494 e. The minimum atomic E-state index is -0.320. The van der Waals surface area contributed by atoms with E-state index < -0.39 is 0 Å². The highest BCUT2D eigenvalue weighted by Crippen LogP contribution is 2.36. The Bertz CT molecular complexity index is 867. The predicted octanol–water partition coefficient (Wildman–Crippen LogP) is 3.93.